The van der Waals surface area contributed by atoms with Crippen molar-refractivity contribution >= 4 is 11.8 Å². The zero-order chi connectivity index (χ0) is 12.0. The molecule has 88 valence electrons. The van der Waals surface area contributed by atoms with Crippen molar-refractivity contribution in [2.45, 2.75) is 19.8 Å². The summed E-state index contributed by atoms with van der Waals surface area (Å²) in [7, 11) is 0. The third kappa shape index (κ3) is 3.38. The average Bonchev–Trinajstić information content (AvgIpc) is 2.26. The summed E-state index contributed by atoms with van der Waals surface area (Å²) in [6, 6.07) is 0. The molecule has 1 aromatic heterocycles. The molecule has 1 rings (SSSR count). The summed E-state index contributed by atoms with van der Waals surface area (Å²) in [5.74, 6) is -1.20. The Morgan fingerprint density at radius 1 is 1.69 bits per heavy atom. The van der Waals surface area contributed by atoms with E-state index >= 15 is 0 Å². The van der Waals surface area contributed by atoms with Gasteiger partial charge in [0.2, 0.25) is 0 Å². The van der Waals surface area contributed by atoms with E-state index in [0.717, 1.165) is 6.42 Å². The maximum atomic E-state index is 11.2. The molecular formula is C10H15N3O3. The zero-order valence-corrected chi connectivity index (χ0v) is 9.06. The lowest BCUT2D eigenvalue weighted by Crippen LogP contribution is -2.25. The van der Waals surface area contributed by atoms with Crippen molar-refractivity contribution in [2.75, 3.05) is 11.9 Å². The van der Waals surface area contributed by atoms with Crippen molar-refractivity contribution in [2.24, 2.45) is 5.92 Å². The largest absolute Gasteiger partial charge is 0.481 e. The zero-order valence-electron chi connectivity index (χ0n) is 9.06. The minimum absolute atomic E-state index is 0.157. The molecule has 0 radical (unpaired) electrons. The van der Waals surface area contributed by atoms with Crippen molar-refractivity contribution in [3.63, 3.8) is 0 Å². The van der Waals surface area contributed by atoms with Crippen molar-refractivity contribution < 1.29 is 9.90 Å². The summed E-state index contributed by atoms with van der Waals surface area (Å²) in [5.41, 5.74) is -0.344. The van der Waals surface area contributed by atoms with Crippen LogP contribution in [-0.4, -0.2) is 27.6 Å². The first kappa shape index (κ1) is 12.2. The number of aliphatic carboxylic acids is 1. The molecule has 0 saturated heterocycles. The van der Waals surface area contributed by atoms with Crippen LogP contribution in [0.4, 0.5) is 5.82 Å². The van der Waals surface area contributed by atoms with Crippen LogP contribution in [0.15, 0.2) is 17.2 Å². The van der Waals surface area contributed by atoms with Crippen LogP contribution in [0.1, 0.15) is 19.8 Å². The first-order valence-corrected chi connectivity index (χ1v) is 5.15. The van der Waals surface area contributed by atoms with Gasteiger partial charge in [0.15, 0.2) is 5.82 Å². The number of aromatic nitrogens is 2. The van der Waals surface area contributed by atoms with Gasteiger partial charge in [0.25, 0.3) is 5.56 Å². The summed E-state index contributed by atoms with van der Waals surface area (Å²) in [4.78, 5) is 28.4. The first-order chi connectivity index (χ1) is 7.65. The lowest BCUT2D eigenvalue weighted by molar-refractivity contribution is -0.141. The number of aromatic amines is 1. The lowest BCUT2D eigenvalue weighted by Gasteiger charge is -2.11. The monoisotopic (exact) mass is 225 g/mol. The van der Waals surface area contributed by atoms with Gasteiger partial charge in [-0.2, -0.15) is 0 Å². The number of carboxylic acids is 1. The van der Waals surface area contributed by atoms with Gasteiger partial charge >= 0.3 is 5.97 Å². The molecule has 16 heavy (non-hydrogen) atoms. The molecule has 1 heterocycles. The summed E-state index contributed by atoms with van der Waals surface area (Å²) < 4.78 is 0. The maximum Gasteiger partial charge on any atom is 0.308 e. The van der Waals surface area contributed by atoms with Crippen molar-refractivity contribution in [1.29, 1.82) is 0 Å². The number of hydrogen-bond donors (Lipinski definition) is 3. The maximum absolute atomic E-state index is 11.2. The van der Waals surface area contributed by atoms with Gasteiger partial charge in [-0.3, -0.25) is 9.59 Å². The molecule has 1 aromatic rings. The molecular weight excluding hydrogens is 210 g/mol. The summed E-state index contributed by atoms with van der Waals surface area (Å²) in [6.07, 6.45) is 4.23. The predicted molar refractivity (Wildman–Crippen MR) is 59.4 cm³/mol. The van der Waals surface area contributed by atoms with Gasteiger partial charge in [-0.05, 0) is 6.42 Å². The van der Waals surface area contributed by atoms with E-state index in [4.69, 9.17) is 5.11 Å². The lowest BCUT2D eigenvalue weighted by atomic mass is 10.0. The molecule has 0 aliphatic rings. The molecule has 0 saturated carbocycles. The van der Waals surface area contributed by atoms with Gasteiger partial charge in [-0.25, -0.2) is 4.98 Å². The molecule has 0 aliphatic heterocycles. The molecule has 0 fully saturated rings. The highest BCUT2D eigenvalue weighted by molar-refractivity contribution is 5.70. The molecule has 1 atom stereocenters. The fourth-order valence-corrected chi connectivity index (χ4v) is 1.36. The Kier molecular flexibility index (Phi) is 4.50. The number of hydrogen-bond acceptors (Lipinski definition) is 4. The van der Waals surface area contributed by atoms with Crippen LogP contribution >= 0.6 is 0 Å². The topological polar surface area (TPSA) is 95.1 Å². The smallest absolute Gasteiger partial charge is 0.308 e. The van der Waals surface area contributed by atoms with E-state index in [-0.39, 0.29) is 17.9 Å². The summed E-state index contributed by atoms with van der Waals surface area (Å²) in [6.45, 7) is 2.13. The Hall–Kier alpha value is -1.85. The second-order valence-corrected chi connectivity index (χ2v) is 3.47. The molecule has 0 amide bonds. The van der Waals surface area contributed by atoms with Crippen molar-refractivity contribution in [3.05, 3.63) is 22.7 Å². The number of rotatable bonds is 6. The van der Waals surface area contributed by atoms with Crippen LogP contribution in [0.5, 0.6) is 0 Å². The number of carboxylic acid groups (broad SMARTS) is 1. The third-order valence-electron chi connectivity index (χ3n) is 2.21. The Morgan fingerprint density at radius 2 is 2.44 bits per heavy atom. The summed E-state index contributed by atoms with van der Waals surface area (Å²) >= 11 is 0. The van der Waals surface area contributed by atoms with Gasteiger partial charge in [0.1, 0.15) is 0 Å². The van der Waals surface area contributed by atoms with Gasteiger partial charge in [0, 0.05) is 18.9 Å². The minimum Gasteiger partial charge on any atom is -0.481 e. The predicted octanol–water partition coefficient (Wildman–Crippen LogP) is 0.683. The van der Waals surface area contributed by atoms with Crippen LogP contribution in [0.25, 0.3) is 0 Å². The average molecular weight is 225 g/mol. The molecule has 1 unspecified atom stereocenters. The van der Waals surface area contributed by atoms with Crippen LogP contribution in [0.3, 0.4) is 0 Å². The van der Waals surface area contributed by atoms with Crippen LogP contribution in [0.2, 0.25) is 0 Å². The normalized spacial score (nSPS) is 12.1. The van der Waals surface area contributed by atoms with Gasteiger partial charge in [0.05, 0.1) is 5.92 Å². The standard InChI is InChI=1S/C10H15N3O3/c1-2-3-7(10(15)16)6-13-8-9(14)12-5-4-11-8/h4-5,7H,2-3,6H2,1H3,(H,11,13)(H,12,14)(H,15,16). The van der Waals surface area contributed by atoms with Crippen molar-refractivity contribution in [1.82, 2.24) is 9.97 Å². The number of anilines is 1. The Labute approximate surface area is 92.7 Å². The van der Waals surface area contributed by atoms with E-state index in [9.17, 15) is 9.59 Å². The van der Waals surface area contributed by atoms with Gasteiger partial charge in [-0.15, -0.1) is 0 Å². The third-order valence-corrected chi connectivity index (χ3v) is 2.21. The van der Waals surface area contributed by atoms with Crippen LogP contribution < -0.4 is 10.9 Å². The number of carbonyl (C=O) groups is 1. The fraction of sp³-hybridized carbons (Fsp3) is 0.500. The van der Waals surface area contributed by atoms with E-state index in [2.05, 4.69) is 15.3 Å². The summed E-state index contributed by atoms with van der Waals surface area (Å²) in [5, 5.41) is 11.6. The van der Waals surface area contributed by atoms with Crippen LogP contribution in [-0.2, 0) is 4.79 Å². The van der Waals surface area contributed by atoms with E-state index < -0.39 is 11.9 Å². The second-order valence-electron chi connectivity index (χ2n) is 3.47. The SMILES string of the molecule is CCCC(CNc1ncc[nH]c1=O)C(=O)O. The molecule has 3 N–H and O–H groups in total. The Bertz CT molecular complexity index is 402. The van der Waals surface area contributed by atoms with E-state index in [0.29, 0.717) is 6.42 Å². The van der Waals surface area contributed by atoms with E-state index in [1.807, 2.05) is 6.92 Å². The Morgan fingerprint density at radius 3 is 3.00 bits per heavy atom. The highest BCUT2D eigenvalue weighted by atomic mass is 16.4. The Balaban J connectivity index is 2.59. The minimum atomic E-state index is -0.860. The first-order valence-electron chi connectivity index (χ1n) is 5.15. The quantitative estimate of drug-likeness (QED) is 0.661. The fourth-order valence-electron chi connectivity index (χ4n) is 1.36. The molecule has 0 spiro atoms. The number of nitrogens with one attached hydrogen (secondary N) is 2. The van der Waals surface area contributed by atoms with Crippen LogP contribution in [0, 0.1) is 5.92 Å². The highest BCUT2D eigenvalue weighted by Gasteiger charge is 2.16. The molecule has 0 aromatic carbocycles. The molecule has 0 bridgehead atoms. The van der Waals surface area contributed by atoms with E-state index in [1.54, 1.807) is 0 Å². The highest BCUT2D eigenvalue weighted by Crippen LogP contribution is 2.06. The van der Waals surface area contributed by atoms with Gasteiger partial charge < -0.3 is 15.4 Å². The second kappa shape index (κ2) is 5.89. The molecule has 6 nitrogen and oxygen atoms in total. The number of H-pyrrole nitrogens is 1. The van der Waals surface area contributed by atoms with E-state index in [1.165, 1.54) is 12.4 Å². The molecule has 0 aliphatic carbocycles. The number of nitrogens with zero attached hydrogens (tertiary/aromatic N) is 1. The van der Waals surface area contributed by atoms with Crippen molar-refractivity contribution in [3.8, 4) is 0 Å². The molecule has 6 heteroatoms. The van der Waals surface area contributed by atoms with Gasteiger partial charge in [-0.1, -0.05) is 13.3 Å².